The molecule has 0 spiro atoms. The molecule has 0 N–H and O–H groups in total. The Labute approximate surface area is 180 Å². The molecule has 5 nitrogen and oxygen atoms in total. The van der Waals surface area contributed by atoms with Crippen molar-refractivity contribution in [1.29, 1.82) is 0 Å². The number of hydrogen-bond acceptors (Lipinski definition) is 4. The Morgan fingerprint density at radius 2 is 1.57 bits per heavy atom. The van der Waals surface area contributed by atoms with Crippen LogP contribution in [0.25, 0.3) is 0 Å². The van der Waals surface area contributed by atoms with Gasteiger partial charge in [-0.05, 0) is 68.1 Å². The zero-order valence-electron chi connectivity index (χ0n) is 16.5. The second-order valence-corrected chi connectivity index (χ2v) is 12.3. The lowest BCUT2D eigenvalue weighted by molar-refractivity contribution is 0.246. The number of sulfonamides is 1. The lowest BCUT2D eigenvalue weighted by Gasteiger charge is -2.42. The molecule has 0 bridgehead atoms. The second-order valence-electron chi connectivity index (χ2n) is 7.59. The van der Waals surface area contributed by atoms with Crippen LogP contribution in [0.1, 0.15) is 31.2 Å². The van der Waals surface area contributed by atoms with Gasteiger partial charge in [-0.3, -0.25) is 0 Å². The smallest absolute Gasteiger partial charge is 0.211 e. The first kappa shape index (κ1) is 23.1. The molecule has 0 aliphatic heterocycles. The molecule has 3 rings (SSSR count). The standard InChI is InChI=1S/C20H22ClF2NO4S2/c1-24(29(2,25)26)16-9-11-20(12-10-16,18-13-15(22)5-8-19(18)23)30(27,28)17-6-3-14(21)4-7-17/h3-8,13,16H,9-12H2,1-2H3. The van der Waals surface area contributed by atoms with Gasteiger partial charge in [-0.25, -0.2) is 29.9 Å². The molecule has 0 radical (unpaired) electrons. The van der Waals surface area contributed by atoms with Crippen molar-refractivity contribution in [3.8, 4) is 0 Å². The van der Waals surface area contributed by atoms with Gasteiger partial charge in [0.05, 0.1) is 11.2 Å². The van der Waals surface area contributed by atoms with E-state index in [1.807, 2.05) is 0 Å². The predicted molar refractivity (Wildman–Crippen MR) is 112 cm³/mol. The van der Waals surface area contributed by atoms with Crippen LogP contribution in [0.3, 0.4) is 0 Å². The van der Waals surface area contributed by atoms with Crippen molar-refractivity contribution in [2.45, 2.75) is 41.4 Å². The van der Waals surface area contributed by atoms with E-state index in [1.54, 1.807) is 0 Å². The average molecular weight is 478 g/mol. The Morgan fingerprint density at radius 3 is 2.10 bits per heavy atom. The summed E-state index contributed by atoms with van der Waals surface area (Å²) in [6.45, 7) is 0. The quantitative estimate of drug-likeness (QED) is 0.649. The first-order valence-electron chi connectivity index (χ1n) is 9.27. The Bertz CT molecular complexity index is 1140. The van der Waals surface area contributed by atoms with E-state index in [1.165, 1.54) is 35.6 Å². The fraction of sp³-hybridized carbons (Fsp3) is 0.400. The fourth-order valence-electron chi connectivity index (χ4n) is 4.07. The average Bonchev–Trinajstić information content (AvgIpc) is 2.69. The Balaban J connectivity index is 2.12. The summed E-state index contributed by atoms with van der Waals surface area (Å²) < 4.78 is 79.5. The van der Waals surface area contributed by atoms with Crippen LogP contribution in [-0.2, 0) is 24.6 Å². The monoisotopic (exact) mass is 477 g/mol. The second kappa shape index (κ2) is 8.18. The highest BCUT2D eigenvalue weighted by molar-refractivity contribution is 7.92. The van der Waals surface area contributed by atoms with Crippen molar-refractivity contribution in [2.24, 2.45) is 0 Å². The van der Waals surface area contributed by atoms with Crippen molar-refractivity contribution in [3.63, 3.8) is 0 Å². The van der Waals surface area contributed by atoms with Gasteiger partial charge in [0.2, 0.25) is 10.0 Å². The molecule has 164 valence electrons. The van der Waals surface area contributed by atoms with Crippen molar-refractivity contribution in [3.05, 3.63) is 64.7 Å². The summed E-state index contributed by atoms with van der Waals surface area (Å²) in [5, 5.41) is 0.346. The number of rotatable bonds is 5. The maximum absolute atomic E-state index is 14.8. The van der Waals surface area contributed by atoms with Gasteiger partial charge < -0.3 is 0 Å². The maximum atomic E-state index is 14.8. The first-order chi connectivity index (χ1) is 13.9. The molecular weight excluding hydrogens is 456 g/mol. The molecule has 0 heterocycles. The van der Waals surface area contributed by atoms with Crippen LogP contribution >= 0.6 is 11.6 Å². The van der Waals surface area contributed by atoms with Crippen LogP contribution in [0, 0.1) is 11.6 Å². The summed E-state index contributed by atoms with van der Waals surface area (Å²) in [6.07, 6.45) is 1.34. The largest absolute Gasteiger partial charge is 0.223 e. The summed E-state index contributed by atoms with van der Waals surface area (Å²) in [5.74, 6) is -1.56. The van der Waals surface area contributed by atoms with Crippen molar-refractivity contribution < 1.29 is 25.6 Å². The summed E-state index contributed by atoms with van der Waals surface area (Å²) in [7, 11) is -6.19. The zero-order chi connectivity index (χ0) is 22.3. The molecule has 0 aromatic heterocycles. The van der Waals surface area contributed by atoms with E-state index in [2.05, 4.69) is 0 Å². The molecule has 0 atom stereocenters. The number of sulfone groups is 1. The highest BCUT2D eigenvalue weighted by atomic mass is 35.5. The molecule has 0 amide bonds. The van der Waals surface area contributed by atoms with Crippen molar-refractivity contribution in [1.82, 2.24) is 4.31 Å². The minimum Gasteiger partial charge on any atom is -0.223 e. The van der Waals surface area contributed by atoms with Crippen LogP contribution < -0.4 is 0 Å². The van der Waals surface area contributed by atoms with Crippen LogP contribution in [0.5, 0.6) is 0 Å². The zero-order valence-corrected chi connectivity index (χ0v) is 18.9. The maximum Gasteiger partial charge on any atom is 0.211 e. The van der Waals surface area contributed by atoms with E-state index in [9.17, 15) is 25.6 Å². The van der Waals surface area contributed by atoms with Crippen LogP contribution in [0.4, 0.5) is 8.78 Å². The normalized spacial score (nSPS) is 22.9. The van der Waals surface area contributed by atoms with Gasteiger partial charge in [-0.2, -0.15) is 0 Å². The predicted octanol–water partition coefficient (Wildman–Crippen LogP) is 4.12. The lowest BCUT2D eigenvalue weighted by Crippen LogP contribution is -2.46. The first-order valence-corrected chi connectivity index (χ1v) is 13.0. The van der Waals surface area contributed by atoms with Crippen LogP contribution in [0.2, 0.25) is 5.02 Å². The van der Waals surface area contributed by atoms with Gasteiger partial charge in [0, 0.05) is 23.7 Å². The molecule has 10 heteroatoms. The van der Waals surface area contributed by atoms with E-state index < -0.39 is 42.3 Å². The van der Waals surface area contributed by atoms with E-state index in [0.717, 1.165) is 24.5 Å². The SMILES string of the molecule is CN(C1CCC(c2cc(F)ccc2F)(S(=O)(=O)c2ccc(Cl)cc2)CC1)S(C)(=O)=O. The molecular formula is C20H22ClF2NO4S2. The molecule has 1 aliphatic carbocycles. The number of halogens is 3. The lowest BCUT2D eigenvalue weighted by atomic mass is 9.80. The highest BCUT2D eigenvalue weighted by Gasteiger charge is 2.50. The molecule has 0 saturated heterocycles. The summed E-state index contributed by atoms with van der Waals surface area (Å²) in [4.78, 5) is -0.0505. The Morgan fingerprint density at radius 1 is 1.00 bits per heavy atom. The van der Waals surface area contributed by atoms with Gasteiger partial charge in [-0.15, -0.1) is 0 Å². The molecule has 0 unspecified atom stereocenters. The molecule has 30 heavy (non-hydrogen) atoms. The van der Waals surface area contributed by atoms with E-state index >= 15 is 0 Å². The molecule has 1 aliphatic rings. The number of nitrogens with zero attached hydrogens (tertiary/aromatic N) is 1. The van der Waals surface area contributed by atoms with Gasteiger partial charge >= 0.3 is 0 Å². The van der Waals surface area contributed by atoms with Crippen molar-refractivity contribution >= 4 is 31.5 Å². The third-order valence-corrected chi connectivity index (χ3v) is 10.0. The summed E-state index contributed by atoms with van der Waals surface area (Å²) in [5.41, 5.74) is -0.238. The molecule has 1 fully saturated rings. The van der Waals surface area contributed by atoms with Gasteiger partial charge in [0.15, 0.2) is 9.84 Å². The molecule has 1 saturated carbocycles. The highest BCUT2D eigenvalue weighted by Crippen LogP contribution is 2.48. The third kappa shape index (κ3) is 4.12. The Kier molecular flexibility index (Phi) is 6.30. The van der Waals surface area contributed by atoms with E-state index in [0.29, 0.717) is 5.02 Å². The number of benzene rings is 2. The van der Waals surface area contributed by atoms with Gasteiger partial charge in [-0.1, -0.05) is 11.6 Å². The summed E-state index contributed by atoms with van der Waals surface area (Å²) in [6, 6.07) is 7.87. The Hall–Kier alpha value is -1.55. The van der Waals surface area contributed by atoms with Crippen molar-refractivity contribution in [2.75, 3.05) is 13.3 Å². The van der Waals surface area contributed by atoms with Crippen LogP contribution in [0.15, 0.2) is 47.4 Å². The minimum atomic E-state index is -4.15. The minimum absolute atomic E-state index is 0.0505. The van der Waals surface area contributed by atoms with E-state index in [4.69, 9.17) is 11.6 Å². The van der Waals surface area contributed by atoms with Gasteiger partial charge in [0.1, 0.15) is 16.4 Å². The topological polar surface area (TPSA) is 71.5 Å². The molecule has 2 aromatic carbocycles. The van der Waals surface area contributed by atoms with Gasteiger partial charge in [0.25, 0.3) is 0 Å². The van der Waals surface area contributed by atoms with Crippen LogP contribution in [-0.4, -0.2) is 40.5 Å². The number of hydrogen-bond donors (Lipinski definition) is 0. The molecule has 2 aromatic rings. The fourth-order valence-corrected chi connectivity index (χ4v) is 7.12. The third-order valence-electron chi connectivity index (χ3n) is 5.86. The van der Waals surface area contributed by atoms with E-state index in [-0.39, 0.29) is 36.1 Å². The summed E-state index contributed by atoms with van der Waals surface area (Å²) >= 11 is 5.88.